The molecule has 0 bridgehead atoms. The van der Waals surface area contributed by atoms with Crippen molar-refractivity contribution in [3.63, 3.8) is 0 Å². The predicted octanol–water partition coefficient (Wildman–Crippen LogP) is 3.81. The van der Waals surface area contributed by atoms with E-state index in [2.05, 4.69) is 22.3 Å². The van der Waals surface area contributed by atoms with Crippen molar-refractivity contribution in [3.05, 3.63) is 64.8 Å². The van der Waals surface area contributed by atoms with Gasteiger partial charge in [0.1, 0.15) is 0 Å². The van der Waals surface area contributed by atoms with Crippen LogP contribution in [-0.2, 0) is 6.42 Å². The first kappa shape index (κ1) is 10.4. The summed E-state index contributed by atoms with van der Waals surface area (Å²) >= 11 is 6.21. The molecule has 0 atom stereocenters. The molecule has 1 aromatic heterocycles. The highest BCUT2D eigenvalue weighted by Gasteiger charge is 2.09. The van der Waals surface area contributed by atoms with Crippen LogP contribution < -0.4 is 0 Å². The Morgan fingerprint density at radius 3 is 2.65 bits per heavy atom. The minimum atomic E-state index is 0.752. The van der Waals surface area contributed by atoms with Gasteiger partial charge in [-0.05, 0) is 17.7 Å². The molecule has 0 fully saturated rings. The van der Waals surface area contributed by atoms with Crippen molar-refractivity contribution >= 4 is 22.5 Å². The second-order valence-corrected chi connectivity index (χ2v) is 4.40. The first-order valence-corrected chi connectivity index (χ1v) is 5.88. The molecule has 17 heavy (non-hydrogen) atoms. The Morgan fingerprint density at radius 2 is 1.82 bits per heavy atom. The molecule has 0 radical (unpaired) electrons. The van der Waals surface area contributed by atoms with Gasteiger partial charge in [0.05, 0.1) is 16.2 Å². The molecule has 2 nitrogen and oxygen atoms in total. The lowest BCUT2D eigenvalue weighted by Gasteiger charge is -1.99. The van der Waals surface area contributed by atoms with Gasteiger partial charge in [0.2, 0.25) is 0 Å². The van der Waals surface area contributed by atoms with Crippen molar-refractivity contribution < 1.29 is 0 Å². The van der Waals surface area contributed by atoms with E-state index in [9.17, 15) is 0 Å². The normalized spacial score (nSPS) is 10.9. The van der Waals surface area contributed by atoms with Crippen molar-refractivity contribution in [2.75, 3.05) is 0 Å². The van der Waals surface area contributed by atoms with E-state index in [1.165, 1.54) is 5.56 Å². The summed E-state index contributed by atoms with van der Waals surface area (Å²) in [5.74, 6) is 0. The average Bonchev–Trinajstić information content (AvgIpc) is 2.75. The molecule has 84 valence electrons. The second kappa shape index (κ2) is 4.22. The first-order chi connectivity index (χ1) is 8.34. The Morgan fingerprint density at radius 1 is 1.00 bits per heavy atom. The van der Waals surface area contributed by atoms with E-state index in [1.54, 1.807) is 0 Å². The molecule has 0 aliphatic rings. The summed E-state index contributed by atoms with van der Waals surface area (Å²) < 4.78 is 0. The third-order valence-corrected chi connectivity index (χ3v) is 3.14. The zero-order valence-electron chi connectivity index (χ0n) is 9.15. The Bertz CT molecular complexity index is 644. The number of hydrogen-bond acceptors (Lipinski definition) is 1. The van der Waals surface area contributed by atoms with Crippen molar-refractivity contribution in [1.29, 1.82) is 0 Å². The number of fused-ring (bicyclic) bond motifs is 1. The molecule has 3 rings (SSSR count). The molecule has 0 saturated carbocycles. The van der Waals surface area contributed by atoms with Crippen molar-refractivity contribution in [1.82, 2.24) is 10.2 Å². The van der Waals surface area contributed by atoms with Gasteiger partial charge in [-0.3, -0.25) is 5.10 Å². The van der Waals surface area contributed by atoms with Gasteiger partial charge in [-0.1, -0.05) is 48.0 Å². The molecule has 0 aliphatic heterocycles. The zero-order valence-corrected chi connectivity index (χ0v) is 9.91. The van der Waals surface area contributed by atoms with Crippen LogP contribution in [0.3, 0.4) is 0 Å². The van der Waals surface area contributed by atoms with Crippen LogP contribution in [0.15, 0.2) is 48.5 Å². The van der Waals surface area contributed by atoms with Gasteiger partial charge >= 0.3 is 0 Å². The summed E-state index contributed by atoms with van der Waals surface area (Å²) in [7, 11) is 0. The highest BCUT2D eigenvalue weighted by Crippen LogP contribution is 2.26. The fourth-order valence-electron chi connectivity index (χ4n) is 2.01. The number of rotatable bonds is 2. The molecular formula is C14H11ClN2. The molecule has 0 amide bonds. The lowest BCUT2D eigenvalue weighted by Crippen LogP contribution is -1.88. The van der Waals surface area contributed by atoms with Gasteiger partial charge in [-0.15, -0.1) is 0 Å². The van der Waals surface area contributed by atoms with Crippen LogP contribution in [-0.4, -0.2) is 10.2 Å². The smallest absolute Gasteiger partial charge is 0.0759 e. The van der Waals surface area contributed by atoms with Crippen LogP contribution in [0, 0.1) is 0 Å². The van der Waals surface area contributed by atoms with Crippen molar-refractivity contribution in [2.24, 2.45) is 0 Å². The van der Waals surface area contributed by atoms with Crippen molar-refractivity contribution in [3.8, 4) is 0 Å². The molecule has 3 heteroatoms. The molecule has 3 aromatic rings. The maximum Gasteiger partial charge on any atom is 0.0759 e. The van der Waals surface area contributed by atoms with Crippen molar-refractivity contribution in [2.45, 2.75) is 6.42 Å². The summed E-state index contributed by atoms with van der Waals surface area (Å²) in [5.41, 5.74) is 3.22. The van der Waals surface area contributed by atoms with Gasteiger partial charge in [0.25, 0.3) is 0 Å². The lowest BCUT2D eigenvalue weighted by molar-refractivity contribution is 1.01. The van der Waals surface area contributed by atoms with Gasteiger partial charge in [-0.25, -0.2) is 0 Å². The fourth-order valence-corrected chi connectivity index (χ4v) is 2.29. The molecule has 0 saturated heterocycles. The topological polar surface area (TPSA) is 28.7 Å². The number of H-pyrrole nitrogens is 1. The lowest BCUT2D eigenvalue weighted by atomic mass is 10.1. The van der Waals surface area contributed by atoms with Crippen LogP contribution in [0.4, 0.5) is 0 Å². The zero-order chi connectivity index (χ0) is 11.7. The molecular weight excluding hydrogens is 232 g/mol. The van der Waals surface area contributed by atoms with Gasteiger partial charge < -0.3 is 0 Å². The van der Waals surface area contributed by atoms with Crippen LogP contribution in [0.25, 0.3) is 10.9 Å². The SMILES string of the molecule is Clc1cccc2[nH]nc(Cc3ccccc3)c12. The monoisotopic (exact) mass is 242 g/mol. The number of halogens is 1. The highest BCUT2D eigenvalue weighted by atomic mass is 35.5. The molecule has 1 heterocycles. The number of nitrogens with zero attached hydrogens (tertiary/aromatic N) is 1. The van der Waals surface area contributed by atoms with E-state index in [1.807, 2.05) is 36.4 Å². The van der Waals surface area contributed by atoms with Crippen LogP contribution in [0.1, 0.15) is 11.3 Å². The van der Waals surface area contributed by atoms with Crippen LogP contribution in [0.2, 0.25) is 5.02 Å². The summed E-state index contributed by atoms with van der Waals surface area (Å²) in [6.45, 7) is 0. The first-order valence-electron chi connectivity index (χ1n) is 5.50. The molecule has 0 aliphatic carbocycles. The molecule has 2 aromatic carbocycles. The maximum absolute atomic E-state index is 6.21. The number of nitrogens with one attached hydrogen (secondary N) is 1. The summed E-state index contributed by atoms with van der Waals surface area (Å²) in [6, 6.07) is 16.1. The number of aromatic nitrogens is 2. The Labute approximate surface area is 104 Å². The van der Waals surface area contributed by atoms with E-state index in [-0.39, 0.29) is 0 Å². The fraction of sp³-hybridized carbons (Fsp3) is 0.0714. The second-order valence-electron chi connectivity index (χ2n) is 4.00. The van der Waals surface area contributed by atoms with Gasteiger partial charge in [0, 0.05) is 11.8 Å². The molecule has 0 spiro atoms. The number of aromatic amines is 1. The van der Waals surface area contributed by atoms with Crippen LogP contribution >= 0.6 is 11.6 Å². The summed E-state index contributed by atoms with van der Waals surface area (Å²) in [6.07, 6.45) is 0.796. The van der Waals surface area contributed by atoms with E-state index < -0.39 is 0 Å². The summed E-state index contributed by atoms with van der Waals surface area (Å²) in [4.78, 5) is 0. The van der Waals surface area contributed by atoms with Crippen LogP contribution in [0.5, 0.6) is 0 Å². The van der Waals surface area contributed by atoms with Gasteiger partial charge in [-0.2, -0.15) is 5.10 Å². The minimum absolute atomic E-state index is 0.752. The maximum atomic E-state index is 6.21. The third-order valence-electron chi connectivity index (χ3n) is 2.83. The molecule has 1 N–H and O–H groups in total. The number of benzene rings is 2. The van der Waals surface area contributed by atoms with E-state index >= 15 is 0 Å². The largest absolute Gasteiger partial charge is 0.277 e. The molecule has 0 unspecified atom stereocenters. The number of hydrogen-bond donors (Lipinski definition) is 1. The standard InChI is InChI=1S/C14H11ClN2/c15-11-7-4-8-12-14(11)13(17-16-12)9-10-5-2-1-3-6-10/h1-8H,9H2,(H,16,17). The van der Waals surface area contributed by atoms with E-state index in [0.29, 0.717) is 0 Å². The Hall–Kier alpha value is -1.80. The van der Waals surface area contributed by atoms with E-state index in [0.717, 1.165) is 28.0 Å². The predicted molar refractivity (Wildman–Crippen MR) is 70.4 cm³/mol. The third kappa shape index (κ3) is 1.92. The van der Waals surface area contributed by atoms with Gasteiger partial charge in [0.15, 0.2) is 0 Å². The summed E-state index contributed by atoms with van der Waals surface area (Å²) in [5, 5.41) is 9.13. The Kier molecular flexibility index (Phi) is 2.57. The Balaban J connectivity index is 2.07. The highest BCUT2D eigenvalue weighted by molar-refractivity contribution is 6.35. The quantitative estimate of drug-likeness (QED) is 0.727. The average molecular weight is 243 g/mol. The minimum Gasteiger partial charge on any atom is -0.277 e. The van der Waals surface area contributed by atoms with E-state index in [4.69, 9.17) is 11.6 Å².